The molecule has 2 aromatic carbocycles. The summed E-state index contributed by atoms with van der Waals surface area (Å²) in [7, 11) is 1.62. The van der Waals surface area contributed by atoms with Crippen molar-refractivity contribution >= 4 is 11.9 Å². The van der Waals surface area contributed by atoms with Gasteiger partial charge in [0.05, 0.1) is 12.7 Å². The van der Waals surface area contributed by atoms with Crippen molar-refractivity contribution in [3.8, 4) is 5.75 Å². The molecule has 1 saturated heterocycles. The van der Waals surface area contributed by atoms with Crippen molar-refractivity contribution in [2.24, 2.45) is 0 Å². The van der Waals surface area contributed by atoms with E-state index in [0.717, 1.165) is 36.4 Å². The van der Waals surface area contributed by atoms with Gasteiger partial charge < -0.3 is 14.7 Å². The zero-order valence-electron chi connectivity index (χ0n) is 16.4. The molecule has 0 saturated carbocycles. The fourth-order valence-electron chi connectivity index (χ4n) is 3.63. The first kappa shape index (κ1) is 19.9. The quantitative estimate of drug-likeness (QED) is 0.861. The summed E-state index contributed by atoms with van der Waals surface area (Å²) >= 11 is 0. The van der Waals surface area contributed by atoms with Gasteiger partial charge in [-0.1, -0.05) is 18.2 Å². The number of carboxylic acids is 1. The van der Waals surface area contributed by atoms with E-state index in [1.165, 1.54) is 0 Å². The number of amides is 1. The lowest BCUT2D eigenvalue weighted by Crippen LogP contribution is -2.35. The van der Waals surface area contributed by atoms with E-state index in [-0.39, 0.29) is 5.91 Å². The minimum Gasteiger partial charge on any atom is -0.496 e. The third kappa shape index (κ3) is 4.51. The lowest BCUT2D eigenvalue weighted by Gasteiger charge is -2.23. The van der Waals surface area contributed by atoms with E-state index in [4.69, 9.17) is 4.74 Å². The number of carboxylic acid groups (broad SMARTS) is 1. The number of benzene rings is 2. The van der Waals surface area contributed by atoms with Crippen LogP contribution in [0.25, 0.3) is 0 Å². The number of nitrogens with zero attached hydrogens (tertiary/aromatic N) is 2. The number of hydrogen-bond donors (Lipinski definition) is 1. The Kier molecular flexibility index (Phi) is 6.31. The minimum atomic E-state index is -0.905. The maximum atomic E-state index is 12.9. The molecular weight excluding hydrogens is 356 g/mol. The molecule has 1 aliphatic rings. The van der Waals surface area contributed by atoms with E-state index >= 15 is 0 Å². The van der Waals surface area contributed by atoms with Crippen LogP contribution in [0.3, 0.4) is 0 Å². The molecule has 0 atom stereocenters. The van der Waals surface area contributed by atoms with Crippen LogP contribution >= 0.6 is 0 Å². The molecule has 0 spiro atoms. The van der Waals surface area contributed by atoms with Crippen LogP contribution in [0, 0.1) is 6.92 Å². The van der Waals surface area contributed by atoms with Gasteiger partial charge in [-0.15, -0.1) is 0 Å². The van der Waals surface area contributed by atoms with Crippen LogP contribution in [0.4, 0.5) is 0 Å². The maximum Gasteiger partial charge on any atom is 0.336 e. The first-order valence-corrected chi connectivity index (χ1v) is 9.47. The van der Waals surface area contributed by atoms with Gasteiger partial charge >= 0.3 is 5.97 Å². The predicted molar refractivity (Wildman–Crippen MR) is 107 cm³/mol. The fraction of sp³-hybridized carbons (Fsp3) is 0.364. The maximum absolute atomic E-state index is 12.9. The number of hydrogen-bond acceptors (Lipinski definition) is 4. The molecule has 3 rings (SSSR count). The molecule has 1 heterocycles. The topological polar surface area (TPSA) is 70.1 Å². The summed E-state index contributed by atoms with van der Waals surface area (Å²) in [5, 5.41) is 9.37. The van der Waals surface area contributed by atoms with Gasteiger partial charge in [-0.2, -0.15) is 0 Å². The molecule has 0 radical (unpaired) electrons. The number of aromatic carboxylic acids is 1. The lowest BCUT2D eigenvalue weighted by atomic mass is 10.1. The molecule has 6 nitrogen and oxygen atoms in total. The summed E-state index contributed by atoms with van der Waals surface area (Å²) in [6.07, 6.45) is 0.857. The molecule has 0 unspecified atom stereocenters. The van der Waals surface area contributed by atoms with E-state index in [0.29, 0.717) is 30.8 Å². The highest BCUT2D eigenvalue weighted by atomic mass is 16.5. The molecule has 148 valence electrons. The third-order valence-corrected chi connectivity index (χ3v) is 5.16. The Bertz CT molecular complexity index is 865. The van der Waals surface area contributed by atoms with Gasteiger partial charge in [0, 0.05) is 38.3 Å². The van der Waals surface area contributed by atoms with Crippen LogP contribution in [0.5, 0.6) is 5.75 Å². The second-order valence-corrected chi connectivity index (χ2v) is 7.07. The molecule has 2 aromatic rings. The van der Waals surface area contributed by atoms with Crippen LogP contribution in [0.1, 0.15) is 38.3 Å². The molecule has 0 aliphatic carbocycles. The van der Waals surface area contributed by atoms with E-state index in [9.17, 15) is 14.7 Å². The molecule has 1 aliphatic heterocycles. The summed E-state index contributed by atoms with van der Waals surface area (Å²) < 4.78 is 5.27. The zero-order valence-corrected chi connectivity index (χ0v) is 16.4. The monoisotopic (exact) mass is 382 g/mol. The first-order valence-electron chi connectivity index (χ1n) is 9.47. The smallest absolute Gasteiger partial charge is 0.336 e. The van der Waals surface area contributed by atoms with Crippen molar-refractivity contribution in [2.45, 2.75) is 19.9 Å². The van der Waals surface area contributed by atoms with Crippen LogP contribution in [-0.4, -0.2) is 60.1 Å². The lowest BCUT2D eigenvalue weighted by molar-refractivity contribution is 0.0694. The van der Waals surface area contributed by atoms with Gasteiger partial charge in [-0.3, -0.25) is 9.69 Å². The SMILES string of the molecule is COc1ccc(C(=O)N2CCCN(Cc3ccccc3C(=O)O)CC2)cc1C. The van der Waals surface area contributed by atoms with E-state index in [2.05, 4.69) is 4.90 Å². The molecular formula is C22H26N2O4. The second kappa shape index (κ2) is 8.89. The van der Waals surface area contributed by atoms with E-state index in [1.54, 1.807) is 25.3 Å². The van der Waals surface area contributed by atoms with Crippen LogP contribution in [0.15, 0.2) is 42.5 Å². The summed E-state index contributed by atoms with van der Waals surface area (Å²) in [6.45, 7) is 5.38. The normalized spacial score (nSPS) is 15.1. The highest BCUT2D eigenvalue weighted by molar-refractivity contribution is 5.94. The average molecular weight is 382 g/mol. The second-order valence-electron chi connectivity index (χ2n) is 7.07. The summed E-state index contributed by atoms with van der Waals surface area (Å²) in [4.78, 5) is 28.4. The van der Waals surface area contributed by atoms with Crippen molar-refractivity contribution < 1.29 is 19.4 Å². The molecule has 0 aromatic heterocycles. The Morgan fingerprint density at radius 3 is 2.57 bits per heavy atom. The molecule has 1 N–H and O–H groups in total. The molecule has 0 bridgehead atoms. The predicted octanol–water partition coefficient (Wildman–Crippen LogP) is 3.05. The van der Waals surface area contributed by atoms with Gasteiger partial charge in [0.1, 0.15) is 5.75 Å². The average Bonchev–Trinajstić information content (AvgIpc) is 2.93. The molecule has 6 heteroatoms. The van der Waals surface area contributed by atoms with Gasteiger partial charge in [0.2, 0.25) is 0 Å². The Hall–Kier alpha value is -2.86. The largest absolute Gasteiger partial charge is 0.496 e. The Morgan fingerprint density at radius 1 is 1.07 bits per heavy atom. The van der Waals surface area contributed by atoms with Crippen LogP contribution in [0.2, 0.25) is 0 Å². The summed E-state index contributed by atoms with van der Waals surface area (Å²) in [5.41, 5.74) is 2.76. The summed E-state index contributed by atoms with van der Waals surface area (Å²) in [5.74, 6) is -0.105. The van der Waals surface area contributed by atoms with Gasteiger partial charge in [0.15, 0.2) is 0 Å². The number of carbonyl (C=O) groups is 2. The fourth-order valence-corrected chi connectivity index (χ4v) is 3.63. The number of rotatable bonds is 5. The van der Waals surface area contributed by atoms with Gasteiger partial charge in [-0.25, -0.2) is 4.79 Å². The van der Waals surface area contributed by atoms with Crippen molar-refractivity contribution in [1.29, 1.82) is 0 Å². The zero-order chi connectivity index (χ0) is 20.1. The van der Waals surface area contributed by atoms with Gasteiger partial charge in [0.25, 0.3) is 5.91 Å². The van der Waals surface area contributed by atoms with Crippen molar-refractivity contribution in [3.63, 3.8) is 0 Å². The molecule has 28 heavy (non-hydrogen) atoms. The van der Waals surface area contributed by atoms with Crippen molar-refractivity contribution in [2.75, 3.05) is 33.3 Å². The van der Waals surface area contributed by atoms with Crippen molar-refractivity contribution in [3.05, 3.63) is 64.7 Å². The molecule has 1 fully saturated rings. The number of carbonyl (C=O) groups excluding carboxylic acids is 1. The van der Waals surface area contributed by atoms with Crippen LogP contribution < -0.4 is 4.74 Å². The van der Waals surface area contributed by atoms with E-state index < -0.39 is 5.97 Å². The minimum absolute atomic E-state index is 0.0264. The Labute approximate surface area is 165 Å². The van der Waals surface area contributed by atoms with Crippen molar-refractivity contribution in [1.82, 2.24) is 9.80 Å². The van der Waals surface area contributed by atoms with Gasteiger partial charge in [-0.05, 0) is 48.7 Å². The number of aryl methyl sites for hydroxylation is 1. The van der Waals surface area contributed by atoms with Crippen LogP contribution in [-0.2, 0) is 6.54 Å². The number of methoxy groups -OCH3 is 1. The molecule has 1 amide bonds. The Morgan fingerprint density at radius 2 is 1.86 bits per heavy atom. The third-order valence-electron chi connectivity index (χ3n) is 5.16. The Balaban J connectivity index is 1.66. The van der Waals surface area contributed by atoms with E-state index in [1.807, 2.05) is 36.1 Å². The number of ether oxygens (including phenoxy) is 1. The highest BCUT2D eigenvalue weighted by Gasteiger charge is 2.22. The summed E-state index contributed by atoms with van der Waals surface area (Å²) in [6, 6.07) is 12.6. The standard InChI is InChI=1S/C22H26N2O4/c1-16-14-17(8-9-20(16)28-2)21(25)24-11-5-10-23(12-13-24)15-18-6-3-4-7-19(18)22(26)27/h3-4,6-9,14H,5,10-13,15H2,1-2H3,(H,26,27). The highest BCUT2D eigenvalue weighted by Crippen LogP contribution is 2.20. The first-order chi connectivity index (χ1) is 13.5.